The zero-order chi connectivity index (χ0) is 18.2. The number of anilines is 1. The first kappa shape index (κ1) is 17.9. The molecule has 1 fully saturated rings. The summed E-state index contributed by atoms with van der Waals surface area (Å²) in [6.45, 7) is 4.71. The standard InChI is InChI=1S/C17H22F3N5/c1-16(2)10-24(11-17(18,19)20)7-8-25(16)9-14-22-13-6-4-3-5-12(13)15(21)23-14/h3-6H,7-11H2,1-2H3,(H2,21,22,23). The van der Waals surface area contributed by atoms with Gasteiger partial charge in [-0.1, -0.05) is 12.1 Å². The van der Waals surface area contributed by atoms with E-state index in [1.54, 1.807) is 0 Å². The molecular weight excluding hydrogens is 331 g/mol. The summed E-state index contributed by atoms with van der Waals surface area (Å²) in [5.41, 5.74) is 6.39. The van der Waals surface area contributed by atoms with Crippen LogP contribution in [-0.4, -0.2) is 57.7 Å². The van der Waals surface area contributed by atoms with Crippen molar-refractivity contribution in [3.8, 4) is 0 Å². The summed E-state index contributed by atoms with van der Waals surface area (Å²) in [5, 5.41) is 0.806. The monoisotopic (exact) mass is 353 g/mol. The lowest BCUT2D eigenvalue weighted by Gasteiger charge is -2.47. The molecule has 0 aliphatic carbocycles. The molecule has 1 saturated heterocycles. The van der Waals surface area contributed by atoms with Crippen LogP contribution in [0.3, 0.4) is 0 Å². The van der Waals surface area contributed by atoms with Gasteiger partial charge in [0, 0.05) is 30.6 Å². The maximum Gasteiger partial charge on any atom is 0.401 e. The van der Waals surface area contributed by atoms with Gasteiger partial charge in [0.15, 0.2) is 0 Å². The molecule has 2 aromatic rings. The number of hydrogen-bond acceptors (Lipinski definition) is 5. The molecule has 1 aromatic carbocycles. The van der Waals surface area contributed by atoms with E-state index >= 15 is 0 Å². The van der Waals surface area contributed by atoms with E-state index in [4.69, 9.17) is 5.73 Å². The number of aromatic nitrogens is 2. The van der Waals surface area contributed by atoms with Crippen LogP contribution < -0.4 is 5.73 Å². The maximum absolute atomic E-state index is 12.6. The van der Waals surface area contributed by atoms with Crippen LogP contribution >= 0.6 is 0 Å². The van der Waals surface area contributed by atoms with Gasteiger partial charge in [0.05, 0.1) is 18.6 Å². The second-order valence-corrected chi connectivity index (χ2v) is 7.10. The second kappa shape index (κ2) is 6.42. The normalized spacial score (nSPS) is 19.4. The van der Waals surface area contributed by atoms with E-state index in [0.717, 1.165) is 10.9 Å². The van der Waals surface area contributed by atoms with Gasteiger partial charge >= 0.3 is 6.18 Å². The third kappa shape index (κ3) is 4.19. The predicted octanol–water partition coefficient (Wildman–Crippen LogP) is 2.67. The molecule has 3 rings (SSSR count). The summed E-state index contributed by atoms with van der Waals surface area (Å²) in [6, 6.07) is 7.51. The van der Waals surface area contributed by atoms with Crippen LogP contribution in [0.15, 0.2) is 24.3 Å². The van der Waals surface area contributed by atoms with Crippen molar-refractivity contribution in [3.05, 3.63) is 30.1 Å². The van der Waals surface area contributed by atoms with Crippen molar-refractivity contribution in [2.24, 2.45) is 0 Å². The summed E-state index contributed by atoms with van der Waals surface area (Å²) in [7, 11) is 0. The molecule has 1 aromatic heterocycles. The minimum absolute atomic E-state index is 0.343. The van der Waals surface area contributed by atoms with Crippen LogP contribution in [0.1, 0.15) is 19.7 Å². The van der Waals surface area contributed by atoms with Crippen LogP contribution in [-0.2, 0) is 6.54 Å². The lowest BCUT2D eigenvalue weighted by atomic mass is 9.98. The average molecular weight is 353 g/mol. The predicted molar refractivity (Wildman–Crippen MR) is 90.9 cm³/mol. The van der Waals surface area contributed by atoms with Crippen molar-refractivity contribution in [3.63, 3.8) is 0 Å². The number of halogens is 3. The smallest absolute Gasteiger partial charge is 0.383 e. The molecule has 1 aliphatic rings. The van der Waals surface area contributed by atoms with E-state index in [1.165, 1.54) is 4.90 Å². The average Bonchev–Trinajstić information content (AvgIpc) is 2.48. The minimum Gasteiger partial charge on any atom is -0.383 e. The SMILES string of the molecule is CC1(C)CN(CC(F)(F)F)CCN1Cc1nc(N)c2ccccc2n1. The largest absolute Gasteiger partial charge is 0.401 e. The van der Waals surface area contributed by atoms with E-state index in [0.29, 0.717) is 37.8 Å². The van der Waals surface area contributed by atoms with E-state index < -0.39 is 18.3 Å². The Hall–Kier alpha value is -1.93. The highest BCUT2D eigenvalue weighted by atomic mass is 19.4. The number of nitrogens with zero attached hydrogens (tertiary/aromatic N) is 4. The first-order valence-electron chi connectivity index (χ1n) is 8.19. The number of nitrogen functional groups attached to an aromatic ring is 1. The molecule has 0 atom stereocenters. The van der Waals surface area contributed by atoms with Gasteiger partial charge in [-0.15, -0.1) is 0 Å². The number of alkyl halides is 3. The molecule has 2 heterocycles. The third-order valence-corrected chi connectivity index (χ3v) is 4.57. The van der Waals surface area contributed by atoms with Crippen molar-refractivity contribution < 1.29 is 13.2 Å². The molecular formula is C17H22F3N5. The zero-order valence-corrected chi connectivity index (χ0v) is 14.3. The van der Waals surface area contributed by atoms with Crippen molar-refractivity contribution >= 4 is 16.7 Å². The highest BCUT2D eigenvalue weighted by molar-refractivity contribution is 5.87. The fourth-order valence-electron chi connectivity index (χ4n) is 3.37. The van der Waals surface area contributed by atoms with Crippen LogP contribution in [0, 0.1) is 0 Å². The van der Waals surface area contributed by atoms with E-state index in [1.807, 2.05) is 38.1 Å². The van der Waals surface area contributed by atoms with Gasteiger partial charge in [0.1, 0.15) is 11.6 Å². The van der Waals surface area contributed by atoms with Crippen molar-refractivity contribution in [2.75, 3.05) is 31.9 Å². The number of piperazine rings is 1. The summed E-state index contributed by atoms with van der Waals surface area (Å²) in [5.74, 6) is 1.02. The van der Waals surface area contributed by atoms with Gasteiger partial charge in [0.2, 0.25) is 0 Å². The molecule has 0 amide bonds. The van der Waals surface area contributed by atoms with Crippen molar-refractivity contribution in [2.45, 2.75) is 32.1 Å². The van der Waals surface area contributed by atoms with Crippen LogP contribution in [0.5, 0.6) is 0 Å². The molecule has 8 heteroatoms. The highest BCUT2D eigenvalue weighted by Gasteiger charge is 2.38. The molecule has 0 spiro atoms. The molecule has 0 unspecified atom stereocenters. The topological polar surface area (TPSA) is 58.3 Å². The van der Waals surface area contributed by atoms with Crippen molar-refractivity contribution in [1.29, 1.82) is 0 Å². The second-order valence-electron chi connectivity index (χ2n) is 7.10. The Morgan fingerprint density at radius 3 is 2.56 bits per heavy atom. The van der Waals surface area contributed by atoms with Crippen molar-refractivity contribution in [1.82, 2.24) is 19.8 Å². The molecule has 5 nitrogen and oxygen atoms in total. The number of nitrogens with two attached hydrogens (primary N) is 1. The Balaban J connectivity index is 1.75. The summed E-state index contributed by atoms with van der Waals surface area (Å²) in [4.78, 5) is 12.5. The van der Waals surface area contributed by atoms with Gasteiger partial charge in [-0.3, -0.25) is 9.80 Å². The number of fused-ring (bicyclic) bond motifs is 1. The highest BCUT2D eigenvalue weighted by Crippen LogP contribution is 2.26. The van der Waals surface area contributed by atoms with E-state index in [2.05, 4.69) is 14.9 Å². The van der Waals surface area contributed by atoms with Gasteiger partial charge in [-0.2, -0.15) is 13.2 Å². The first-order valence-corrected chi connectivity index (χ1v) is 8.19. The van der Waals surface area contributed by atoms with Gasteiger partial charge in [-0.05, 0) is 26.0 Å². The summed E-state index contributed by atoms with van der Waals surface area (Å²) >= 11 is 0. The lowest BCUT2D eigenvalue weighted by molar-refractivity contribution is -0.155. The van der Waals surface area contributed by atoms with E-state index in [-0.39, 0.29) is 0 Å². The minimum atomic E-state index is -4.17. The lowest BCUT2D eigenvalue weighted by Crippen LogP contribution is -2.60. The molecule has 136 valence electrons. The van der Waals surface area contributed by atoms with Crippen LogP contribution in [0.25, 0.3) is 10.9 Å². The Labute approximate surface area is 144 Å². The van der Waals surface area contributed by atoms with E-state index in [9.17, 15) is 13.2 Å². The first-order chi connectivity index (χ1) is 11.6. The van der Waals surface area contributed by atoms with Gasteiger partial charge in [-0.25, -0.2) is 9.97 Å². The molecule has 0 radical (unpaired) electrons. The molecule has 1 aliphatic heterocycles. The summed E-state index contributed by atoms with van der Waals surface area (Å²) in [6.07, 6.45) is -4.17. The number of benzene rings is 1. The Morgan fingerprint density at radius 1 is 1.16 bits per heavy atom. The van der Waals surface area contributed by atoms with Gasteiger partial charge in [0.25, 0.3) is 0 Å². The molecule has 0 bridgehead atoms. The molecule has 0 saturated carbocycles. The van der Waals surface area contributed by atoms with Gasteiger partial charge < -0.3 is 5.73 Å². The molecule has 25 heavy (non-hydrogen) atoms. The Kier molecular flexibility index (Phi) is 4.59. The van der Waals surface area contributed by atoms with Crippen LogP contribution in [0.4, 0.5) is 19.0 Å². The third-order valence-electron chi connectivity index (χ3n) is 4.57. The number of hydrogen-bond donors (Lipinski definition) is 1. The quantitative estimate of drug-likeness (QED) is 0.919. The maximum atomic E-state index is 12.6. The number of rotatable bonds is 3. The Morgan fingerprint density at radius 2 is 1.88 bits per heavy atom. The fraction of sp³-hybridized carbons (Fsp3) is 0.529. The fourth-order valence-corrected chi connectivity index (χ4v) is 3.37. The molecule has 2 N–H and O–H groups in total. The zero-order valence-electron chi connectivity index (χ0n) is 14.3. The summed E-state index contributed by atoms with van der Waals surface area (Å²) < 4.78 is 37.9. The van der Waals surface area contributed by atoms with Crippen LogP contribution in [0.2, 0.25) is 0 Å². The number of para-hydroxylation sites is 1. The Bertz CT molecular complexity index is 760.